The van der Waals surface area contributed by atoms with E-state index in [1.54, 1.807) is 0 Å². The molecule has 1 aliphatic rings. The number of rotatable bonds is 6. The highest BCUT2D eigenvalue weighted by molar-refractivity contribution is 7.89. The summed E-state index contributed by atoms with van der Waals surface area (Å²) in [5, 5.41) is 18.7. The lowest BCUT2D eigenvalue weighted by molar-refractivity contribution is 0.0692. The van der Waals surface area contributed by atoms with Gasteiger partial charge in [-0.15, -0.1) is 0 Å². The van der Waals surface area contributed by atoms with Crippen LogP contribution in [0.1, 0.15) is 23.2 Å². The van der Waals surface area contributed by atoms with Crippen molar-refractivity contribution in [3.63, 3.8) is 0 Å². The van der Waals surface area contributed by atoms with Gasteiger partial charge < -0.3 is 15.9 Å². The topological polar surface area (TPSA) is 130 Å². The van der Waals surface area contributed by atoms with Gasteiger partial charge in [-0.25, -0.2) is 17.9 Å². The molecule has 7 nitrogen and oxygen atoms in total. The van der Waals surface area contributed by atoms with Crippen molar-refractivity contribution in [1.82, 2.24) is 4.72 Å². The SMILES string of the molecule is Nc1ccc(C(=O)O)c(S(=O)(=O)NCC(O)C2CC2)c1. The molecule has 1 aliphatic carbocycles. The van der Waals surface area contributed by atoms with E-state index in [4.69, 9.17) is 10.8 Å². The predicted octanol–water partition coefficient (Wildman–Crippen LogP) is 0.0162. The molecule has 5 N–H and O–H groups in total. The molecule has 0 radical (unpaired) electrons. The zero-order valence-corrected chi connectivity index (χ0v) is 11.4. The highest BCUT2D eigenvalue weighted by atomic mass is 32.2. The van der Waals surface area contributed by atoms with Crippen molar-refractivity contribution in [2.24, 2.45) is 5.92 Å². The Morgan fingerprint density at radius 3 is 2.65 bits per heavy atom. The van der Waals surface area contributed by atoms with Gasteiger partial charge in [0.2, 0.25) is 10.0 Å². The Balaban J connectivity index is 2.23. The fourth-order valence-corrected chi connectivity index (χ4v) is 3.14. The van der Waals surface area contributed by atoms with Crippen molar-refractivity contribution in [3.05, 3.63) is 23.8 Å². The maximum Gasteiger partial charge on any atom is 0.337 e. The molecule has 1 unspecified atom stereocenters. The molecule has 110 valence electrons. The molecule has 1 fully saturated rings. The van der Waals surface area contributed by atoms with Crippen molar-refractivity contribution in [2.45, 2.75) is 23.8 Å². The Morgan fingerprint density at radius 1 is 1.45 bits per heavy atom. The fraction of sp³-hybridized carbons (Fsp3) is 0.417. The maximum absolute atomic E-state index is 12.1. The number of benzene rings is 1. The van der Waals surface area contributed by atoms with Gasteiger partial charge in [0.15, 0.2) is 0 Å². The van der Waals surface area contributed by atoms with E-state index >= 15 is 0 Å². The van der Waals surface area contributed by atoms with Crippen LogP contribution in [0.15, 0.2) is 23.1 Å². The third-order valence-corrected chi connectivity index (χ3v) is 4.64. The average Bonchev–Trinajstić information content (AvgIpc) is 3.20. The number of sulfonamides is 1. The number of nitrogens with one attached hydrogen (secondary N) is 1. The van der Waals surface area contributed by atoms with Gasteiger partial charge in [0.25, 0.3) is 0 Å². The predicted molar refractivity (Wildman–Crippen MR) is 71.7 cm³/mol. The molecule has 0 saturated heterocycles. The number of aromatic carboxylic acids is 1. The molecule has 0 bridgehead atoms. The molecule has 1 aromatic carbocycles. The summed E-state index contributed by atoms with van der Waals surface area (Å²) in [5.74, 6) is -1.23. The van der Waals surface area contributed by atoms with Crippen LogP contribution in [0.4, 0.5) is 5.69 Å². The third-order valence-electron chi connectivity index (χ3n) is 3.17. The number of carboxylic acid groups (broad SMARTS) is 1. The van der Waals surface area contributed by atoms with Crippen LogP contribution in [0.5, 0.6) is 0 Å². The Bertz CT molecular complexity index is 625. The van der Waals surface area contributed by atoms with E-state index in [2.05, 4.69) is 4.72 Å². The average molecular weight is 300 g/mol. The first-order valence-corrected chi connectivity index (χ1v) is 7.60. The van der Waals surface area contributed by atoms with E-state index in [1.807, 2.05) is 0 Å². The van der Waals surface area contributed by atoms with Gasteiger partial charge in [-0.1, -0.05) is 0 Å². The largest absolute Gasteiger partial charge is 0.478 e. The molecule has 0 spiro atoms. The first-order valence-electron chi connectivity index (χ1n) is 6.12. The van der Waals surface area contributed by atoms with Crippen LogP contribution in [-0.2, 0) is 10.0 Å². The molecule has 0 amide bonds. The normalized spacial score (nSPS) is 16.9. The smallest absolute Gasteiger partial charge is 0.337 e. The Labute approximate surface area is 116 Å². The Hall–Kier alpha value is -1.64. The summed E-state index contributed by atoms with van der Waals surface area (Å²) >= 11 is 0. The molecule has 1 saturated carbocycles. The monoisotopic (exact) mass is 300 g/mol. The molecule has 20 heavy (non-hydrogen) atoms. The van der Waals surface area contributed by atoms with Gasteiger partial charge in [0.1, 0.15) is 0 Å². The van der Waals surface area contributed by atoms with E-state index < -0.39 is 27.0 Å². The minimum atomic E-state index is -4.03. The number of anilines is 1. The zero-order valence-electron chi connectivity index (χ0n) is 10.6. The second-order valence-corrected chi connectivity index (χ2v) is 6.55. The molecule has 8 heteroatoms. The maximum atomic E-state index is 12.1. The summed E-state index contributed by atoms with van der Waals surface area (Å²) in [4.78, 5) is 10.7. The van der Waals surface area contributed by atoms with Gasteiger partial charge in [-0.05, 0) is 37.0 Å². The number of carbonyl (C=O) groups is 1. The highest BCUT2D eigenvalue weighted by Crippen LogP contribution is 2.32. The van der Waals surface area contributed by atoms with Crippen molar-refractivity contribution < 1.29 is 23.4 Å². The number of hydrogen-bond donors (Lipinski definition) is 4. The molecule has 1 aromatic rings. The van der Waals surface area contributed by atoms with Crippen molar-refractivity contribution in [2.75, 3.05) is 12.3 Å². The lowest BCUT2D eigenvalue weighted by atomic mass is 10.2. The zero-order chi connectivity index (χ0) is 14.9. The lowest BCUT2D eigenvalue weighted by Gasteiger charge is -2.13. The number of nitrogen functional groups attached to an aromatic ring is 1. The van der Waals surface area contributed by atoms with Crippen LogP contribution in [0.2, 0.25) is 0 Å². The quantitative estimate of drug-likeness (QED) is 0.548. The summed E-state index contributed by atoms with van der Waals surface area (Å²) in [6.07, 6.45) is 1.00. The first-order chi connectivity index (χ1) is 9.31. The Kier molecular flexibility index (Phi) is 3.98. The van der Waals surface area contributed by atoms with Gasteiger partial charge in [-0.3, -0.25) is 0 Å². The fourth-order valence-electron chi connectivity index (χ4n) is 1.86. The summed E-state index contributed by atoms with van der Waals surface area (Å²) in [7, 11) is -4.03. The van der Waals surface area contributed by atoms with Crippen LogP contribution in [0.3, 0.4) is 0 Å². The highest BCUT2D eigenvalue weighted by Gasteiger charge is 2.31. The molecule has 2 rings (SSSR count). The second-order valence-electron chi connectivity index (χ2n) is 4.82. The molecular formula is C12H16N2O5S. The molecule has 1 atom stereocenters. The molecule has 0 aromatic heterocycles. The van der Waals surface area contributed by atoms with Gasteiger partial charge in [0.05, 0.1) is 16.6 Å². The summed E-state index contributed by atoms with van der Waals surface area (Å²) in [6.45, 7) is -0.138. The van der Waals surface area contributed by atoms with Gasteiger partial charge >= 0.3 is 5.97 Å². The van der Waals surface area contributed by atoms with E-state index in [0.29, 0.717) is 0 Å². The van der Waals surface area contributed by atoms with Crippen molar-refractivity contribution in [3.8, 4) is 0 Å². The lowest BCUT2D eigenvalue weighted by Crippen LogP contribution is -2.34. The van der Waals surface area contributed by atoms with E-state index in [1.165, 1.54) is 6.07 Å². The summed E-state index contributed by atoms with van der Waals surface area (Å²) in [6, 6.07) is 3.56. The number of aliphatic hydroxyl groups excluding tert-OH is 1. The van der Waals surface area contributed by atoms with Crippen LogP contribution in [0.25, 0.3) is 0 Å². The summed E-state index contributed by atoms with van der Waals surface area (Å²) < 4.78 is 26.5. The van der Waals surface area contributed by atoms with Crippen LogP contribution < -0.4 is 10.5 Å². The Morgan fingerprint density at radius 2 is 2.10 bits per heavy atom. The minimum Gasteiger partial charge on any atom is -0.478 e. The van der Waals surface area contributed by atoms with Crippen LogP contribution in [-0.4, -0.2) is 37.2 Å². The molecular weight excluding hydrogens is 284 g/mol. The van der Waals surface area contributed by atoms with E-state index in [9.17, 15) is 18.3 Å². The number of carboxylic acids is 1. The second kappa shape index (κ2) is 5.39. The number of nitrogens with two attached hydrogens (primary N) is 1. The van der Waals surface area contributed by atoms with Crippen molar-refractivity contribution in [1.29, 1.82) is 0 Å². The van der Waals surface area contributed by atoms with Gasteiger partial charge in [-0.2, -0.15) is 0 Å². The minimum absolute atomic E-state index is 0.123. The number of aliphatic hydroxyl groups is 1. The van der Waals surface area contributed by atoms with Crippen LogP contribution >= 0.6 is 0 Å². The summed E-state index contributed by atoms with van der Waals surface area (Å²) in [5.41, 5.74) is 5.30. The molecule has 0 aliphatic heterocycles. The first kappa shape index (κ1) is 14.8. The van der Waals surface area contributed by atoms with Crippen molar-refractivity contribution >= 4 is 21.7 Å². The standard InChI is InChI=1S/C12H16N2O5S/c13-8-3-4-9(12(16)17)11(5-8)20(18,19)14-6-10(15)7-1-2-7/h3-5,7,10,14-15H,1-2,6,13H2,(H,16,17). The van der Waals surface area contributed by atoms with Crippen LogP contribution in [0, 0.1) is 5.92 Å². The van der Waals surface area contributed by atoms with E-state index in [-0.39, 0.29) is 23.7 Å². The molecule has 0 heterocycles. The number of hydrogen-bond acceptors (Lipinski definition) is 5. The third kappa shape index (κ3) is 3.27. The van der Waals surface area contributed by atoms with E-state index in [0.717, 1.165) is 25.0 Å². The van der Waals surface area contributed by atoms with Gasteiger partial charge in [0, 0.05) is 12.2 Å².